The average Bonchev–Trinajstić information content (AvgIpc) is 3.11. The molecule has 138 valence electrons. The first-order chi connectivity index (χ1) is 12.8. The van der Waals surface area contributed by atoms with E-state index < -0.39 is 20.7 Å². The van der Waals surface area contributed by atoms with Crippen molar-refractivity contribution in [2.45, 2.75) is 9.10 Å². The van der Waals surface area contributed by atoms with Crippen molar-refractivity contribution in [3.8, 4) is 0 Å². The molecule has 0 aliphatic carbocycles. The molecule has 1 N–H and O–H groups in total. The van der Waals surface area contributed by atoms with Crippen LogP contribution in [-0.2, 0) is 9.84 Å². The number of benzene rings is 2. The number of hydrogen-bond donors (Lipinski definition) is 1. The van der Waals surface area contributed by atoms with Gasteiger partial charge in [-0.25, -0.2) is 13.4 Å². The van der Waals surface area contributed by atoms with E-state index in [4.69, 9.17) is 0 Å². The molecule has 27 heavy (non-hydrogen) atoms. The molecule has 1 amide bonds. The maximum Gasteiger partial charge on any atom is 0.269 e. The number of rotatable bonds is 5. The van der Waals surface area contributed by atoms with Crippen molar-refractivity contribution in [2.75, 3.05) is 5.32 Å². The lowest BCUT2D eigenvalue weighted by Gasteiger charge is -2.02. The van der Waals surface area contributed by atoms with Crippen LogP contribution in [0.2, 0.25) is 0 Å². The summed E-state index contributed by atoms with van der Waals surface area (Å²) in [6.45, 7) is 0. The zero-order valence-corrected chi connectivity index (χ0v) is 16.5. The Bertz CT molecular complexity index is 1130. The number of thiazole rings is 1. The number of non-ortho nitro benzene ring substituents is 1. The lowest BCUT2D eigenvalue weighted by atomic mass is 10.2. The van der Waals surface area contributed by atoms with Gasteiger partial charge in [0, 0.05) is 22.2 Å². The summed E-state index contributed by atoms with van der Waals surface area (Å²) in [5.74, 6) is -0.426. The zero-order valence-electron chi connectivity index (χ0n) is 13.3. The van der Waals surface area contributed by atoms with Crippen LogP contribution in [0.3, 0.4) is 0 Å². The SMILES string of the molecule is O=C(Nc1ncc(S(=O)(=O)c2ccc([N+](=O)[O-])cc2)s1)c1cccc(Br)c1. The first-order valence-electron chi connectivity index (χ1n) is 7.29. The number of hydrogen-bond acceptors (Lipinski definition) is 7. The highest BCUT2D eigenvalue weighted by Crippen LogP contribution is 2.29. The molecule has 1 heterocycles. The van der Waals surface area contributed by atoms with Crippen LogP contribution in [0.1, 0.15) is 10.4 Å². The van der Waals surface area contributed by atoms with E-state index in [0.717, 1.165) is 46.3 Å². The molecule has 0 radical (unpaired) electrons. The first-order valence-corrected chi connectivity index (χ1v) is 10.4. The van der Waals surface area contributed by atoms with Crippen LogP contribution in [0.15, 0.2) is 68.3 Å². The number of carbonyl (C=O) groups is 1. The van der Waals surface area contributed by atoms with E-state index in [0.29, 0.717) is 5.56 Å². The number of carbonyl (C=O) groups excluding carboxylic acids is 1. The maximum absolute atomic E-state index is 12.6. The van der Waals surface area contributed by atoms with Crippen molar-refractivity contribution in [2.24, 2.45) is 0 Å². The number of anilines is 1. The van der Waals surface area contributed by atoms with Crippen molar-refractivity contribution in [1.29, 1.82) is 0 Å². The monoisotopic (exact) mass is 467 g/mol. The molecule has 0 aliphatic rings. The predicted molar refractivity (Wildman–Crippen MR) is 103 cm³/mol. The summed E-state index contributed by atoms with van der Waals surface area (Å²) in [5, 5.41) is 13.4. The fraction of sp³-hybridized carbons (Fsp3) is 0. The molecule has 3 aromatic rings. The van der Waals surface area contributed by atoms with Crippen LogP contribution < -0.4 is 5.32 Å². The molecule has 0 atom stereocenters. The van der Waals surface area contributed by atoms with Gasteiger partial charge >= 0.3 is 0 Å². The summed E-state index contributed by atoms with van der Waals surface area (Å²) in [6, 6.07) is 11.3. The fourth-order valence-corrected chi connectivity index (χ4v) is 4.93. The van der Waals surface area contributed by atoms with Gasteiger partial charge in [-0.1, -0.05) is 33.3 Å². The molecular formula is C16H10BrN3O5S2. The second-order valence-corrected chi connectivity index (χ2v) is 9.33. The van der Waals surface area contributed by atoms with Crippen LogP contribution in [0.5, 0.6) is 0 Å². The summed E-state index contributed by atoms with van der Waals surface area (Å²) in [5.41, 5.74) is 0.180. The van der Waals surface area contributed by atoms with Gasteiger partial charge in [-0.2, -0.15) is 0 Å². The van der Waals surface area contributed by atoms with E-state index in [9.17, 15) is 23.3 Å². The van der Waals surface area contributed by atoms with Gasteiger partial charge in [0.25, 0.3) is 11.6 Å². The molecule has 1 aromatic heterocycles. The highest BCUT2D eigenvalue weighted by molar-refractivity contribution is 9.10. The van der Waals surface area contributed by atoms with Crippen LogP contribution >= 0.6 is 27.3 Å². The van der Waals surface area contributed by atoms with Gasteiger partial charge in [-0.05, 0) is 30.3 Å². The van der Waals surface area contributed by atoms with Gasteiger partial charge in [0.05, 0.1) is 16.0 Å². The number of aromatic nitrogens is 1. The molecule has 8 nitrogen and oxygen atoms in total. The van der Waals surface area contributed by atoms with Gasteiger partial charge in [0.1, 0.15) is 4.21 Å². The zero-order chi connectivity index (χ0) is 19.6. The third-order valence-electron chi connectivity index (χ3n) is 3.41. The van der Waals surface area contributed by atoms with Crippen LogP contribution in [0.25, 0.3) is 0 Å². The second-order valence-electron chi connectivity index (χ2n) is 5.20. The second kappa shape index (κ2) is 7.55. The number of nitro groups is 1. The van der Waals surface area contributed by atoms with Crippen molar-refractivity contribution in [3.05, 3.63) is 74.9 Å². The number of nitrogens with one attached hydrogen (secondary N) is 1. The Morgan fingerprint density at radius 1 is 1.19 bits per heavy atom. The Morgan fingerprint density at radius 3 is 2.52 bits per heavy atom. The summed E-state index contributed by atoms with van der Waals surface area (Å²) in [6.07, 6.45) is 1.14. The Kier molecular flexibility index (Phi) is 5.35. The molecular weight excluding hydrogens is 458 g/mol. The minimum Gasteiger partial charge on any atom is -0.298 e. The third kappa shape index (κ3) is 4.21. The summed E-state index contributed by atoms with van der Waals surface area (Å²) in [7, 11) is -3.89. The average molecular weight is 468 g/mol. The molecule has 0 saturated carbocycles. The Balaban J connectivity index is 1.82. The first kappa shape index (κ1) is 19.1. The minimum absolute atomic E-state index is 0.0825. The molecule has 0 unspecified atom stereocenters. The van der Waals surface area contributed by atoms with Crippen molar-refractivity contribution in [3.63, 3.8) is 0 Å². The lowest BCUT2D eigenvalue weighted by Crippen LogP contribution is -2.11. The van der Waals surface area contributed by atoms with Gasteiger partial charge < -0.3 is 0 Å². The number of nitrogens with zero attached hydrogens (tertiary/aromatic N) is 2. The molecule has 3 rings (SSSR count). The predicted octanol–water partition coefficient (Wildman–Crippen LogP) is 3.90. The Labute approximate surface area is 166 Å². The molecule has 0 spiro atoms. The van der Waals surface area contributed by atoms with Crippen molar-refractivity contribution < 1.29 is 18.1 Å². The van der Waals surface area contributed by atoms with Gasteiger partial charge in [0.15, 0.2) is 5.13 Å². The number of halogens is 1. The van der Waals surface area contributed by atoms with Crippen molar-refractivity contribution >= 4 is 53.8 Å². The minimum atomic E-state index is -3.89. The third-order valence-corrected chi connectivity index (χ3v) is 7.05. The van der Waals surface area contributed by atoms with E-state index in [1.165, 1.54) is 0 Å². The maximum atomic E-state index is 12.6. The fourth-order valence-electron chi connectivity index (χ4n) is 2.10. The number of sulfone groups is 1. The largest absolute Gasteiger partial charge is 0.298 e. The molecule has 0 aliphatic heterocycles. The quantitative estimate of drug-likeness (QED) is 0.448. The molecule has 2 aromatic carbocycles. The Hall–Kier alpha value is -2.63. The van der Waals surface area contributed by atoms with E-state index in [1.807, 2.05) is 0 Å². The van der Waals surface area contributed by atoms with E-state index >= 15 is 0 Å². The van der Waals surface area contributed by atoms with Crippen molar-refractivity contribution in [1.82, 2.24) is 4.98 Å². The summed E-state index contributed by atoms with van der Waals surface area (Å²) < 4.78 is 25.9. The summed E-state index contributed by atoms with van der Waals surface area (Å²) in [4.78, 5) is 26.1. The molecule has 0 saturated heterocycles. The van der Waals surface area contributed by atoms with E-state index in [2.05, 4.69) is 26.2 Å². The highest BCUT2D eigenvalue weighted by atomic mass is 79.9. The van der Waals surface area contributed by atoms with Crippen LogP contribution in [0.4, 0.5) is 10.8 Å². The molecule has 11 heteroatoms. The Morgan fingerprint density at radius 2 is 1.89 bits per heavy atom. The molecule has 0 bridgehead atoms. The van der Waals surface area contributed by atoms with E-state index in [1.54, 1.807) is 24.3 Å². The van der Waals surface area contributed by atoms with Gasteiger partial charge in [-0.15, -0.1) is 0 Å². The van der Waals surface area contributed by atoms with Crippen LogP contribution in [-0.4, -0.2) is 24.2 Å². The standard InChI is InChI=1S/C16H10BrN3O5S2/c17-11-3-1-2-10(8-11)15(21)19-16-18-9-14(26-16)27(24,25)13-6-4-12(5-7-13)20(22)23/h1-9H,(H,18,19,21). The van der Waals surface area contributed by atoms with Gasteiger partial charge in [0.2, 0.25) is 9.84 Å². The smallest absolute Gasteiger partial charge is 0.269 e. The van der Waals surface area contributed by atoms with Crippen LogP contribution in [0, 0.1) is 10.1 Å². The number of amides is 1. The topological polar surface area (TPSA) is 119 Å². The number of nitro benzene ring substituents is 1. The lowest BCUT2D eigenvalue weighted by molar-refractivity contribution is -0.384. The summed E-state index contributed by atoms with van der Waals surface area (Å²) >= 11 is 4.07. The van der Waals surface area contributed by atoms with Gasteiger partial charge in [-0.3, -0.25) is 20.2 Å². The normalized spacial score (nSPS) is 11.1. The highest BCUT2D eigenvalue weighted by Gasteiger charge is 2.22. The molecule has 0 fully saturated rings. The van der Waals surface area contributed by atoms with E-state index in [-0.39, 0.29) is 19.9 Å².